The first kappa shape index (κ1) is 22.2. The third-order valence-corrected chi connectivity index (χ3v) is 5.28. The summed E-state index contributed by atoms with van der Waals surface area (Å²) in [6.07, 6.45) is -0.468. The van der Waals surface area contributed by atoms with E-state index in [9.17, 15) is 5.11 Å². The van der Waals surface area contributed by atoms with Crippen molar-refractivity contribution >= 4 is 5.69 Å². The summed E-state index contributed by atoms with van der Waals surface area (Å²) in [6.45, 7) is 5.86. The van der Waals surface area contributed by atoms with Crippen molar-refractivity contribution in [1.82, 2.24) is 0 Å². The molecule has 0 radical (unpaired) electrons. The van der Waals surface area contributed by atoms with E-state index in [4.69, 9.17) is 18.9 Å². The van der Waals surface area contributed by atoms with Gasteiger partial charge in [0, 0.05) is 11.8 Å². The van der Waals surface area contributed by atoms with E-state index in [1.54, 1.807) is 14.2 Å². The summed E-state index contributed by atoms with van der Waals surface area (Å²) in [4.78, 5) is 3.78. The largest absolute Gasteiger partial charge is 0.497 e. The van der Waals surface area contributed by atoms with Crippen molar-refractivity contribution in [3.8, 4) is 17.2 Å². The molecule has 2 aromatic carbocycles. The number of benzene rings is 2. The van der Waals surface area contributed by atoms with Gasteiger partial charge >= 0.3 is 0 Å². The number of aliphatic hydroxyl groups is 1. The third-order valence-electron chi connectivity index (χ3n) is 5.28. The first-order valence-corrected chi connectivity index (χ1v) is 10.4. The predicted octanol–water partition coefficient (Wildman–Crippen LogP) is 0.865. The van der Waals surface area contributed by atoms with Gasteiger partial charge in [0.15, 0.2) is 0 Å². The number of methoxy groups -OCH3 is 2. The highest BCUT2D eigenvalue weighted by Gasteiger charge is 2.22. The molecule has 1 atom stereocenters. The lowest BCUT2D eigenvalue weighted by Gasteiger charge is -2.34. The van der Waals surface area contributed by atoms with Crippen LogP contribution in [0.15, 0.2) is 48.5 Å². The monoisotopic (exact) mass is 417 g/mol. The quantitative estimate of drug-likeness (QED) is 0.529. The molecule has 1 aliphatic heterocycles. The molecule has 3 rings (SSSR count). The van der Waals surface area contributed by atoms with Crippen LogP contribution in [0.5, 0.6) is 17.2 Å². The normalized spacial score (nSPS) is 15.6. The van der Waals surface area contributed by atoms with Crippen molar-refractivity contribution in [3.05, 3.63) is 48.5 Å². The maximum atomic E-state index is 10.3. The molecule has 30 heavy (non-hydrogen) atoms. The summed E-state index contributed by atoms with van der Waals surface area (Å²) in [6, 6.07) is 15.7. The van der Waals surface area contributed by atoms with E-state index in [0.717, 1.165) is 43.4 Å². The topological polar surface area (TPSA) is 64.8 Å². The van der Waals surface area contributed by atoms with Gasteiger partial charge in [-0.25, -0.2) is 0 Å². The lowest BCUT2D eigenvalue weighted by Crippen LogP contribution is -3.16. The summed E-state index contributed by atoms with van der Waals surface area (Å²) in [5.74, 6) is 2.39. The SMILES string of the molecule is COc1ccc(N2CC[NH+](C[C@@H](O)COCCOc3cccc(OC)c3)CC2)cc1. The van der Waals surface area contributed by atoms with Crippen LogP contribution in [0, 0.1) is 0 Å². The van der Waals surface area contributed by atoms with Crippen molar-refractivity contribution in [2.24, 2.45) is 0 Å². The first-order chi connectivity index (χ1) is 14.7. The van der Waals surface area contributed by atoms with Crippen LogP contribution in [0.4, 0.5) is 5.69 Å². The van der Waals surface area contributed by atoms with E-state index < -0.39 is 6.10 Å². The van der Waals surface area contributed by atoms with Gasteiger partial charge in [0.2, 0.25) is 0 Å². The Kier molecular flexibility index (Phi) is 8.62. The van der Waals surface area contributed by atoms with Crippen LogP contribution in [-0.4, -0.2) is 78.0 Å². The number of ether oxygens (including phenoxy) is 4. The summed E-state index contributed by atoms with van der Waals surface area (Å²) < 4.78 is 21.6. The van der Waals surface area contributed by atoms with E-state index in [-0.39, 0.29) is 0 Å². The van der Waals surface area contributed by atoms with Gasteiger partial charge in [0.25, 0.3) is 0 Å². The minimum atomic E-state index is -0.468. The van der Waals surface area contributed by atoms with Gasteiger partial charge in [-0.05, 0) is 36.4 Å². The van der Waals surface area contributed by atoms with E-state index in [1.165, 1.54) is 10.6 Å². The van der Waals surface area contributed by atoms with Crippen LogP contribution < -0.4 is 24.0 Å². The Hall–Kier alpha value is -2.48. The van der Waals surface area contributed by atoms with Crippen LogP contribution in [0.1, 0.15) is 0 Å². The van der Waals surface area contributed by atoms with Crippen molar-refractivity contribution in [1.29, 1.82) is 0 Å². The molecular weight excluding hydrogens is 384 g/mol. The first-order valence-electron chi connectivity index (χ1n) is 10.4. The molecule has 1 heterocycles. The molecule has 0 amide bonds. The molecule has 0 saturated carbocycles. The second-order valence-electron chi connectivity index (χ2n) is 7.40. The van der Waals surface area contributed by atoms with Crippen molar-refractivity contribution in [2.75, 3.05) is 71.7 Å². The zero-order valence-corrected chi connectivity index (χ0v) is 17.9. The van der Waals surface area contributed by atoms with Gasteiger partial charge < -0.3 is 33.9 Å². The number of rotatable bonds is 11. The zero-order valence-electron chi connectivity index (χ0n) is 17.9. The minimum Gasteiger partial charge on any atom is -0.497 e. The summed E-state index contributed by atoms with van der Waals surface area (Å²) in [5.41, 5.74) is 1.22. The van der Waals surface area contributed by atoms with Gasteiger partial charge in [0.05, 0.1) is 53.6 Å². The molecule has 7 heteroatoms. The minimum absolute atomic E-state index is 0.327. The summed E-state index contributed by atoms with van der Waals surface area (Å²) in [7, 11) is 3.31. The molecule has 0 aliphatic carbocycles. The van der Waals surface area contributed by atoms with E-state index in [2.05, 4.69) is 17.0 Å². The van der Waals surface area contributed by atoms with E-state index in [0.29, 0.717) is 26.4 Å². The van der Waals surface area contributed by atoms with Gasteiger partial charge in [0.1, 0.15) is 36.5 Å². The Labute approximate surface area is 178 Å². The Morgan fingerprint density at radius 3 is 2.33 bits per heavy atom. The van der Waals surface area contributed by atoms with Gasteiger partial charge in [-0.2, -0.15) is 0 Å². The number of nitrogens with one attached hydrogen (secondary N) is 1. The highest BCUT2D eigenvalue weighted by Crippen LogP contribution is 2.19. The standard InChI is InChI=1S/C23H32N2O5/c1-27-21-8-6-19(7-9-21)25-12-10-24(11-13-25)17-20(26)18-29-14-15-30-23-5-3-4-22(16-23)28-2/h3-9,16,20,26H,10-15,17-18H2,1-2H3/p+1/t20-/m1/s1. The average Bonchev–Trinajstić information content (AvgIpc) is 2.79. The Balaban J connectivity index is 1.28. The molecule has 164 valence electrons. The van der Waals surface area contributed by atoms with E-state index >= 15 is 0 Å². The fourth-order valence-electron chi connectivity index (χ4n) is 3.60. The Morgan fingerprint density at radius 2 is 1.63 bits per heavy atom. The van der Waals surface area contributed by atoms with Gasteiger partial charge in [-0.3, -0.25) is 0 Å². The summed E-state index contributed by atoms with van der Waals surface area (Å²) >= 11 is 0. The molecule has 1 fully saturated rings. The van der Waals surface area contributed by atoms with Gasteiger partial charge in [-0.1, -0.05) is 6.07 Å². The fourth-order valence-corrected chi connectivity index (χ4v) is 3.60. The molecule has 7 nitrogen and oxygen atoms in total. The fraction of sp³-hybridized carbons (Fsp3) is 0.478. The molecule has 2 N–H and O–H groups in total. The molecule has 1 aliphatic rings. The van der Waals surface area contributed by atoms with Crippen molar-refractivity contribution < 1.29 is 29.0 Å². The maximum Gasteiger partial charge on any atom is 0.126 e. The number of nitrogens with zero attached hydrogens (tertiary/aromatic N) is 1. The Morgan fingerprint density at radius 1 is 0.933 bits per heavy atom. The predicted molar refractivity (Wildman–Crippen MR) is 116 cm³/mol. The molecule has 1 saturated heterocycles. The molecule has 2 aromatic rings. The second-order valence-corrected chi connectivity index (χ2v) is 7.40. The van der Waals surface area contributed by atoms with E-state index in [1.807, 2.05) is 36.4 Å². The van der Waals surface area contributed by atoms with Crippen LogP contribution >= 0.6 is 0 Å². The molecular formula is C23H33N2O5+. The van der Waals surface area contributed by atoms with Crippen LogP contribution in [0.25, 0.3) is 0 Å². The number of quaternary nitrogens is 1. The lowest BCUT2D eigenvalue weighted by atomic mass is 10.2. The number of aliphatic hydroxyl groups excluding tert-OH is 1. The number of hydrogen-bond donors (Lipinski definition) is 2. The van der Waals surface area contributed by atoms with Crippen molar-refractivity contribution in [2.45, 2.75) is 6.10 Å². The van der Waals surface area contributed by atoms with Gasteiger partial charge in [-0.15, -0.1) is 0 Å². The number of piperazine rings is 1. The van der Waals surface area contributed by atoms with Crippen LogP contribution in [0.3, 0.4) is 0 Å². The average molecular weight is 418 g/mol. The smallest absolute Gasteiger partial charge is 0.126 e. The Bertz CT molecular complexity index is 748. The zero-order chi connectivity index (χ0) is 21.2. The highest BCUT2D eigenvalue weighted by atomic mass is 16.5. The van der Waals surface area contributed by atoms with Crippen molar-refractivity contribution in [3.63, 3.8) is 0 Å². The molecule has 0 unspecified atom stereocenters. The number of anilines is 1. The lowest BCUT2D eigenvalue weighted by molar-refractivity contribution is -0.903. The highest BCUT2D eigenvalue weighted by molar-refractivity contribution is 5.49. The van der Waals surface area contributed by atoms with Crippen LogP contribution in [-0.2, 0) is 4.74 Å². The van der Waals surface area contributed by atoms with Crippen LogP contribution in [0.2, 0.25) is 0 Å². The second kappa shape index (κ2) is 11.6. The number of hydrogen-bond acceptors (Lipinski definition) is 6. The molecule has 0 bridgehead atoms. The third kappa shape index (κ3) is 6.79. The molecule has 0 aromatic heterocycles. The maximum absolute atomic E-state index is 10.3. The summed E-state index contributed by atoms with van der Waals surface area (Å²) in [5, 5.41) is 10.3. The molecule has 0 spiro atoms.